The Balaban J connectivity index is 2.40. The molecule has 0 aliphatic rings. The zero-order valence-electron chi connectivity index (χ0n) is 16.5. The lowest BCUT2D eigenvalue weighted by atomic mass is 10.2. The first-order valence-corrected chi connectivity index (χ1v) is 10.4. The van der Waals surface area contributed by atoms with Gasteiger partial charge in [0.1, 0.15) is 12.4 Å². The van der Waals surface area contributed by atoms with E-state index in [1.54, 1.807) is 25.1 Å². The van der Waals surface area contributed by atoms with Crippen molar-refractivity contribution < 1.29 is 17.9 Å². The highest BCUT2D eigenvalue weighted by atomic mass is 32.2. The predicted molar refractivity (Wildman–Crippen MR) is 105 cm³/mol. The molecule has 0 aliphatic heterocycles. The summed E-state index contributed by atoms with van der Waals surface area (Å²) in [6.45, 7) is 6.46. The predicted octanol–water partition coefficient (Wildman–Crippen LogP) is 3.10. The van der Waals surface area contributed by atoms with Gasteiger partial charge in [0.05, 0.1) is 15.9 Å². The molecular formula is C19H27N3O4S. The second-order valence-electron chi connectivity index (χ2n) is 6.49. The highest BCUT2D eigenvalue weighted by Gasteiger charge is 2.20. The Kier molecular flexibility index (Phi) is 6.78. The van der Waals surface area contributed by atoms with Crippen LogP contribution in [-0.4, -0.2) is 42.3 Å². The molecule has 8 heteroatoms. The molecule has 0 spiro atoms. The Hall–Kier alpha value is -2.19. The lowest BCUT2D eigenvalue weighted by Gasteiger charge is -2.11. The summed E-state index contributed by atoms with van der Waals surface area (Å²) in [5, 5.41) is 0. The number of imidazole rings is 1. The van der Waals surface area contributed by atoms with Crippen molar-refractivity contribution in [3.05, 3.63) is 35.7 Å². The Labute approximate surface area is 160 Å². The maximum Gasteiger partial charge on any atom is 0.333 e. The number of carbonyl (C=O) groups is 1. The molecule has 0 saturated heterocycles. The lowest BCUT2D eigenvalue weighted by molar-refractivity contribution is -0.140. The van der Waals surface area contributed by atoms with Crippen LogP contribution >= 0.6 is 0 Å². The molecule has 2 rings (SSSR count). The minimum Gasteiger partial charge on any atom is -0.454 e. The van der Waals surface area contributed by atoms with Gasteiger partial charge in [0.15, 0.2) is 0 Å². The zero-order chi connectivity index (χ0) is 20.2. The Morgan fingerprint density at radius 2 is 2.00 bits per heavy atom. The van der Waals surface area contributed by atoms with Crippen LogP contribution in [0.4, 0.5) is 0 Å². The number of hydrogen-bond acceptors (Lipinski definition) is 5. The highest BCUT2D eigenvalue weighted by Crippen LogP contribution is 2.23. The van der Waals surface area contributed by atoms with Gasteiger partial charge in [-0.25, -0.2) is 22.5 Å². The van der Waals surface area contributed by atoms with Crippen LogP contribution in [0.15, 0.2) is 34.7 Å². The molecule has 1 aromatic carbocycles. The number of rotatable bonds is 8. The van der Waals surface area contributed by atoms with Crippen molar-refractivity contribution in [2.45, 2.75) is 51.7 Å². The van der Waals surface area contributed by atoms with E-state index in [1.807, 2.05) is 24.5 Å². The van der Waals surface area contributed by atoms with Crippen molar-refractivity contribution in [2.75, 3.05) is 14.1 Å². The van der Waals surface area contributed by atoms with Crippen LogP contribution in [0.3, 0.4) is 0 Å². The number of aromatic nitrogens is 2. The molecule has 0 aliphatic carbocycles. The molecule has 0 amide bonds. The summed E-state index contributed by atoms with van der Waals surface area (Å²) < 4.78 is 33.2. The molecule has 2 aromatic rings. The Bertz CT molecular complexity index is 959. The minimum atomic E-state index is -3.54. The monoisotopic (exact) mass is 393 g/mol. The second-order valence-corrected chi connectivity index (χ2v) is 8.64. The Morgan fingerprint density at radius 3 is 2.59 bits per heavy atom. The summed E-state index contributed by atoms with van der Waals surface area (Å²) in [6.07, 6.45) is 3.45. The fraction of sp³-hybridized carbons (Fsp3) is 0.474. The van der Waals surface area contributed by atoms with Gasteiger partial charge in [-0.05, 0) is 38.0 Å². The molecule has 0 radical (unpaired) electrons. The van der Waals surface area contributed by atoms with Crippen molar-refractivity contribution in [1.29, 1.82) is 0 Å². The van der Waals surface area contributed by atoms with E-state index in [1.165, 1.54) is 18.4 Å². The summed E-state index contributed by atoms with van der Waals surface area (Å²) in [7, 11) is -0.552. The van der Waals surface area contributed by atoms with Crippen molar-refractivity contribution in [3.63, 3.8) is 0 Å². The van der Waals surface area contributed by atoms with Crippen LogP contribution in [0.25, 0.3) is 11.0 Å². The maximum absolute atomic E-state index is 12.4. The SMILES string of the molecule is CC/C=C(\C)C(=O)OCc1nc2cc(S(=O)(=O)N(C)C)ccc2n1CCC. The lowest BCUT2D eigenvalue weighted by Crippen LogP contribution is -2.22. The van der Waals surface area contributed by atoms with Gasteiger partial charge in [-0.3, -0.25) is 0 Å². The number of fused-ring (bicyclic) bond motifs is 1. The number of allylic oxidation sites excluding steroid dienone is 1. The normalized spacial score (nSPS) is 12.7. The topological polar surface area (TPSA) is 81.5 Å². The molecule has 27 heavy (non-hydrogen) atoms. The number of nitrogens with zero attached hydrogens (tertiary/aromatic N) is 3. The number of hydrogen-bond donors (Lipinski definition) is 0. The van der Waals surface area contributed by atoms with Gasteiger partial charge in [0.2, 0.25) is 10.0 Å². The van der Waals surface area contributed by atoms with E-state index in [-0.39, 0.29) is 17.5 Å². The molecule has 0 saturated carbocycles. The van der Waals surface area contributed by atoms with Crippen molar-refractivity contribution in [3.8, 4) is 0 Å². The molecule has 0 bridgehead atoms. The van der Waals surface area contributed by atoms with Crippen LogP contribution in [0, 0.1) is 0 Å². The smallest absolute Gasteiger partial charge is 0.333 e. The minimum absolute atomic E-state index is 0.0399. The molecule has 0 atom stereocenters. The third-order valence-electron chi connectivity index (χ3n) is 4.19. The summed E-state index contributed by atoms with van der Waals surface area (Å²) in [4.78, 5) is 16.8. The van der Waals surface area contributed by atoms with Crippen LogP contribution in [0.1, 0.15) is 39.4 Å². The van der Waals surface area contributed by atoms with E-state index in [0.29, 0.717) is 23.5 Å². The fourth-order valence-corrected chi connectivity index (χ4v) is 3.67. The third kappa shape index (κ3) is 4.56. The molecule has 7 nitrogen and oxygen atoms in total. The number of benzene rings is 1. The van der Waals surface area contributed by atoms with Gasteiger partial charge in [-0.1, -0.05) is 19.9 Å². The van der Waals surface area contributed by atoms with Crippen molar-refractivity contribution in [2.24, 2.45) is 0 Å². The fourth-order valence-electron chi connectivity index (χ4n) is 2.75. The average Bonchev–Trinajstić information content (AvgIpc) is 2.97. The van der Waals surface area contributed by atoms with Crippen LogP contribution in [-0.2, 0) is 32.7 Å². The standard InChI is InChI=1S/C19H27N3O4S/c1-6-8-14(3)19(23)26-13-18-20-16-12-15(27(24,25)21(4)5)9-10-17(16)22(18)11-7-2/h8-10,12H,6-7,11,13H2,1-5H3/b14-8+. The third-order valence-corrected chi connectivity index (χ3v) is 6.00. The van der Waals surface area contributed by atoms with Crippen molar-refractivity contribution >= 4 is 27.0 Å². The molecular weight excluding hydrogens is 366 g/mol. The highest BCUT2D eigenvalue weighted by molar-refractivity contribution is 7.89. The van der Waals surface area contributed by atoms with E-state index in [4.69, 9.17) is 4.74 Å². The average molecular weight is 394 g/mol. The number of ether oxygens (including phenoxy) is 1. The number of aryl methyl sites for hydroxylation is 1. The summed E-state index contributed by atoms with van der Waals surface area (Å²) in [6, 6.07) is 4.89. The van der Waals surface area contributed by atoms with Gasteiger partial charge in [0, 0.05) is 26.2 Å². The van der Waals surface area contributed by atoms with E-state index < -0.39 is 10.0 Å². The molecule has 0 N–H and O–H groups in total. The zero-order valence-corrected chi connectivity index (χ0v) is 17.3. The largest absolute Gasteiger partial charge is 0.454 e. The van der Waals surface area contributed by atoms with Gasteiger partial charge in [-0.15, -0.1) is 0 Å². The number of sulfonamides is 1. The van der Waals surface area contributed by atoms with Crippen LogP contribution in [0.2, 0.25) is 0 Å². The van der Waals surface area contributed by atoms with Crippen LogP contribution < -0.4 is 0 Å². The molecule has 0 fully saturated rings. The van der Waals surface area contributed by atoms with E-state index in [0.717, 1.165) is 18.4 Å². The first-order chi connectivity index (χ1) is 12.7. The molecule has 1 heterocycles. The summed E-state index contributed by atoms with van der Waals surface area (Å²) >= 11 is 0. The summed E-state index contributed by atoms with van der Waals surface area (Å²) in [5.41, 5.74) is 1.95. The van der Waals surface area contributed by atoms with Gasteiger partial charge >= 0.3 is 5.97 Å². The van der Waals surface area contributed by atoms with Gasteiger partial charge in [-0.2, -0.15) is 0 Å². The maximum atomic E-state index is 12.4. The Morgan fingerprint density at radius 1 is 1.30 bits per heavy atom. The van der Waals surface area contributed by atoms with Gasteiger partial charge < -0.3 is 9.30 Å². The molecule has 0 unspecified atom stereocenters. The van der Waals surface area contributed by atoms with E-state index in [2.05, 4.69) is 4.98 Å². The first-order valence-electron chi connectivity index (χ1n) is 8.97. The number of esters is 1. The quantitative estimate of drug-likeness (QED) is 0.508. The summed E-state index contributed by atoms with van der Waals surface area (Å²) in [5.74, 6) is 0.228. The van der Waals surface area contributed by atoms with Gasteiger partial charge in [0.25, 0.3) is 0 Å². The van der Waals surface area contributed by atoms with E-state index in [9.17, 15) is 13.2 Å². The molecule has 148 valence electrons. The van der Waals surface area contributed by atoms with E-state index >= 15 is 0 Å². The van der Waals surface area contributed by atoms with Crippen LogP contribution in [0.5, 0.6) is 0 Å². The van der Waals surface area contributed by atoms with Crippen molar-refractivity contribution in [1.82, 2.24) is 13.9 Å². The second kappa shape index (κ2) is 8.67. The molecule has 1 aromatic heterocycles. The number of carbonyl (C=O) groups excluding carboxylic acids is 1. The first kappa shape index (κ1) is 21.1.